The summed E-state index contributed by atoms with van der Waals surface area (Å²) in [5.74, 6) is 0.836. The fourth-order valence-corrected chi connectivity index (χ4v) is 4.31. The lowest BCUT2D eigenvalue weighted by Gasteiger charge is -2.44. The van der Waals surface area contributed by atoms with Gasteiger partial charge < -0.3 is 5.32 Å². The summed E-state index contributed by atoms with van der Waals surface area (Å²) in [5, 5.41) is 3.83. The van der Waals surface area contributed by atoms with Crippen LogP contribution >= 0.6 is 0 Å². The van der Waals surface area contributed by atoms with Gasteiger partial charge in [0.15, 0.2) is 0 Å². The van der Waals surface area contributed by atoms with E-state index in [0.29, 0.717) is 11.0 Å². The summed E-state index contributed by atoms with van der Waals surface area (Å²) in [6.07, 6.45) is 8.15. The normalized spacial score (nSPS) is 33.5. The highest BCUT2D eigenvalue weighted by Gasteiger charge is 2.39. The van der Waals surface area contributed by atoms with Crippen LogP contribution in [0.15, 0.2) is 0 Å². The van der Waals surface area contributed by atoms with Gasteiger partial charge in [-0.15, -0.1) is 0 Å². The highest BCUT2D eigenvalue weighted by atomic mass is 15.2. The van der Waals surface area contributed by atoms with Crippen LogP contribution in [0.25, 0.3) is 0 Å². The van der Waals surface area contributed by atoms with Crippen LogP contribution in [0.2, 0.25) is 0 Å². The molecule has 2 unspecified atom stereocenters. The Kier molecular flexibility index (Phi) is 5.18. The van der Waals surface area contributed by atoms with E-state index in [1.165, 1.54) is 58.2 Å². The molecule has 0 radical (unpaired) electrons. The zero-order valence-corrected chi connectivity index (χ0v) is 14.5. The number of nitrogens with one attached hydrogen (secondary N) is 1. The molecule has 2 fully saturated rings. The third-order valence-electron chi connectivity index (χ3n) is 5.70. The molecule has 0 aromatic heterocycles. The molecule has 1 aliphatic carbocycles. The molecule has 20 heavy (non-hydrogen) atoms. The second-order valence-corrected chi connectivity index (χ2v) is 8.59. The van der Waals surface area contributed by atoms with Crippen molar-refractivity contribution in [3.05, 3.63) is 0 Å². The lowest BCUT2D eigenvalue weighted by Crippen LogP contribution is -2.50. The van der Waals surface area contributed by atoms with Gasteiger partial charge in [-0.3, -0.25) is 4.90 Å². The highest BCUT2D eigenvalue weighted by molar-refractivity contribution is 4.94. The molecule has 1 N–H and O–H groups in total. The van der Waals surface area contributed by atoms with Gasteiger partial charge in [0.05, 0.1) is 0 Å². The molecule has 1 heterocycles. The second-order valence-electron chi connectivity index (χ2n) is 8.59. The molecule has 2 rings (SSSR count). The summed E-state index contributed by atoms with van der Waals surface area (Å²) in [6, 6.07) is 0.749. The molecule has 118 valence electrons. The van der Waals surface area contributed by atoms with Crippen molar-refractivity contribution >= 4 is 0 Å². The van der Waals surface area contributed by atoms with Gasteiger partial charge in [0, 0.05) is 18.1 Å². The van der Waals surface area contributed by atoms with E-state index < -0.39 is 0 Å². The van der Waals surface area contributed by atoms with Crippen LogP contribution in [0.4, 0.5) is 0 Å². The first-order valence-electron chi connectivity index (χ1n) is 8.82. The van der Waals surface area contributed by atoms with E-state index in [1.54, 1.807) is 0 Å². The summed E-state index contributed by atoms with van der Waals surface area (Å²) in [4.78, 5) is 2.76. The van der Waals surface area contributed by atoms with Gasteiger partial charge in [-0.2, -0.15) is 0 Å². The van der Waals surface area contributed by atoms with Crippen molar-refractivity contribution in [2.45, 2.75) is 84.7 Å². The number of likely N-dealkylation sites (tertiary alicyclic amines) is 1. The van der Waals surface area contributed by atoms with Gasteiger partial charge in [-0.1, -0.05) is 20.8 Å². The molecule has 2 atom stereocenters. The van der Waals surface area contributed by atoms with Crippen molar-refractivity contribution in [2.24, 2.45) is 11.3 Å². The Morgan fingerprint density at radius 1 is 1.15 bits per heavy atom. The lowest BCUT2D eigenvalue weighted by molar-refractivity contribution is 0.0741. The number of rotatable bonds is 5. The second kappa shape index (κ2) is 6.36. The van der Waals surface area contributed by atoms with Crippen molar-refractivity contribution in [1.82, 2.24) is 10.2 Å². The van der Waals surface area contributed by atoms with Gasteiger partial charge in [0.1, 0.15) is 0 Å². The maximum Gasteiger partial charge on any atom is 0.0153 e. The molecule has 2 heteroatoms. The largest absolute Gasteiger partial charge is 0.314 e. The minimum absolute atomic E-state index is 0.427. The first-order chi connectivity index (χ1) is 9.34. The minimum Gasteiger partial charge on any atom is -0.314 e. The van der Waals surface area contributed by atoms with Gasteiger partial charge in [-0.25, -0.2) is 0 Å². The quantitative estimate of drug-likeness (QED) is 0.817. The first-order valence-corrected chi connectivity index (χ1v) is 8.82. The smallest absolute Gasteiger partial charge is 0.0153 e. The predicted molar refractivity (Wildman–Crippen MR) is 88.1 cm³/mol. The van der Waals surface area contributed by atoms with E-state index in [4.69, 9.17) is 0 Å². The summed E-state index contributed by atoms with van der Waals surface area (Å²) in [6.45, 7) is 15.9. The standard InChI is InChI=1S/C18H36N2/c1-6-11-19-16-8-10-17(2,3)13-15(16)14-20-12-7-9-18(20,4)5/h15-16,19H,6-14H2,1-5H3. The zero-order chi connectivity index (χ0) is 14.8. The van der Waals surface area contributed by atoms with Gasteiger partial charge in [0.2, 0.25) is 0 Å². The highest BCUT2D eigenvalue weighted by Crippen LogP contribution is 2.40. The molecule has 0 aromatic carbocycles. The van der Waals surface area contributed by atoms with Crippen molar-refractivity contribution in [3.8, 4) is 0 Å². The van der Waals surface area contributed by atoms with Crippen LogP contribution in [0, 0.1) is 11.3 Å². The molecule has 2 aliphatic rings. The summed E-state index contributed by atoms with van der Waals surface area (Å²) >= 11 is 0. The molecule has 0 spiro atoms. The lowest BCUT2D eigenvalue weighted by atomic mass is 9.69. The Morgan fingerprint density at radius 2 is 1.90 bits per heavy atom. The molecule has 0 bridgehead atoms. The van der Waals surface area contributed by atoms with Crippen LogP contribution in [-0.2, 0) is 0 Å². The molecule has 2 nitrogen and oxygen atoms in total. The number of nitrogens with zero attached hydrogens (tertiary/aromatic N) is 1. The summed E-state index contributed by atoms with van der Waals surface area (Å²) < 4.78 is 0. The van der Waals surface area contributed by atoms with Gasteiger partial charge >= 0.3 is 0 Å². The van der Waals surface area contributed by atoms with Crippen molar-refractivity contribution in [3.63, 3.8) is 0 Å². The third-order valence-corrected chi connectivity index (χ3v) is 5.70. The molecular formula is C18H36N2. The van der Waals surface area contributed by atoms with E-state index in [-0.39, 0.29) is 0 Å². The van der Waals surface area contributed by atoms with Crippen LogP contribution in [-0.4, -0.2) is 36.1 Å². The Morgan fingerprint density at radius 3 is 2.50 bits per heavy atom. The van der Waals surface area contributed by atoms with E-state index in [9.17, 15) is 0 Å². The fraction of sp³-hybridized carbons (Fsp3) is 1.00. The number of hydrogen-bond donors (Lipinski definition) is 1. The Balaban J connectivity index is 1.99. The monoisotopic (exact) mass is 280 g/mol. The van der Waals surface area contributed by atoms with E-state index in [2.05, 4.69) is 44.8 Å². The van der Waals surface area contributed by atoms with Crippen molar-refractivity contribution < 1.29 is 0 Å². The van der Waals surface area contributed by atoms with Crippen LogP contribution < -0.4 is 5.32 Å². The van der Waals surface area contributed by atoms with E-state index in [1.807, 2.05) is 0 Å². The average Bonchev–Trinajstić information content (AvgIpc) is 2.67. The van der Waals surface area contributed by atoms with Crippen molar-refractivity contribution in [2.75, 3.05) is 19.6 Å². The number of hydrogen-bond acceptors (Lipinski definition) is 2. The molecule has 0 aromatic rings. The van der Waals surface area contributed by atoms with E-state index in [0.717, 1.165) is 12.0 Å². The molecule has 1 saturated heterocycles. The maximum atomic E-state index is 3.83. The minimum atomic E-state index is 0.427. The zero-order valence-electron chi connectivity index (χ0n) is 14.5. The topological polar surface area (TPSA) is 15.3 Å². The Bertz CT molecular complexity index is 309. The molecular weight excluding hydrogens is 244 g/mol. The summed E-state index contributed by atoms with van der Waals surface area (Å²) in [5.41, 5.74) is 0.968. The van der Waals surface area contributed by atoms with Gasteiger partial charge in [-0.05, 0) is 76.8 Å². The van der Waals surface area contributed by atoms with Crippen molar-refractivity contribution in [1.29, 1.82) is 0 Å². The third kappa shape index (κ3) is 3.98. The maximum absolute atomic E-state index is 3.83. The Hall–Kier alpha value is -0.0800. The van der Waals surface area contributed by atoms with E-state index >= 15 is 0 Å². The van der Waals surface area contributed by atoms with Crippen LogP contribution in [0.3, 0.4) is 0 Å². The van der Waals surface area contributed by atoms with Crippen LogP contribution in [0.1, 0.15) is 73.1 Å². The predicted octanol–water partition coefficient (Wildman–Crippen LogP) is 4.06. The fourth-order valence-electron chi connectivity index (χ4n) is 4.31. The molecule has 0 amide bonds. The molecule has 1 aliphatic heterocycles. The molecule has 1 saturated carbocycles. The summed E-state index contributed by atoms with van der Waals surface area (Å²) in [7, 11) is 0. The van der Waals surface area contributed by atoms with Crippen LogP contribution in [0.5, 0.6) is 0 Å². The van der Waals surface area contributed by atoms with Gasteiger partial charge in [0.25, 0.3) is 0 Å². The first kappa shape index (κ1) is 16.3. The Labute approximate surface area is 126 Å². The average molecular weight is 280 g/mol. The SMILES string of the molecule is CCCNC1CCC(C)(C)CC1CN1CCCC1(C)C.